The van der Waals surface area contributed by atoms with Gasteiger partial charge in [-0.15, -0.1) is 0 Å². The van der Waals surface area contributed by atoms with E-state index in [-0.39, 0.29) is 14.9 Å². The van der Waals surface area contributed by atoms with Crippen molar-refractivity contribution in [3.63, 3.8) is 0 Å². The fourth-order valence-corrected chi connectivity index (χ4v) is 3.68. The van der Waals surface area contributed by atoms with Crippen LogP contribution in [0.15, 0.2) is 47.6 Å². The fraction of sp³-hybridized carbons (Fsp3) is 0.154. The summed E-state index contributed by atoms with van der Waals surface area (Å²) in [6.45, 7) is 1.73. The highest BCUT2D eigenvalue weighted by Crippen LogP contribution is 2.29. The van der Waals surface area contributed by atoms with Gasteiger partial charge in [-0.3, -0.25) is 4.98 Å². The van der Waals surface area contributed by atoms with Crippen LogP contribution in [0.5, 0.6) is 0 Å². The number of pyridine rings is 1. The van der Waals surface area contributed by atoms with Crippen molar-refractivity contribution in [3.8, 4) is 0 Å². The van der Waals surface area contributed by atoms with Gasteiger partial charge in [0.1, 0.15) is 4.90 Å². The molecule has 1 N–H and O–H groups in total. The molecule has 0 bridgehead atoms. The minimum atomic E-state index is -3.76. The summed E-state index contributed by atoms with van der Waals surface area (Å²) >= 11 is 11.8. The quantitative estimate of drug-likeness (QED) is 0.934. The standard InChI is InChI=1S/C13H12Cl2N2O2S/c1-9(10-4-3-7-16-8-10)17-20(18,19)12-6-2-5-11(14)13(12)15/h2-9,17H,1H3/t9-/m0/s1. The van der Waals surface area contributed by atoms with E-state index in [1.165, 1.54) is 18.2 Å². The summed E-state index contributed by atoms with van der Waals surface area (Å²) in [5.74, 6) is 0. The van der Waals surface area contributed by atoms with Crippen molar-refractivity contribution in [1.29, 1.82) is 0 Å². The fourth-order valence-electron chi connectivity index (χ4n) is 1.69. The number of benzene rings is 1. The topological polar surface area (TPSA) is 59.1 Å². The molecule has 1 aromatic carbocycles. The Morgan fingerprint density at radius 2 is 1.95 bits per heavy atom. The molecule has 7 heteroatoms. The van der Waals surface area contributed by atoms with Crippen LogP contribution < -0.4 is 4.72 Å². The van der Waals surface area contributed by atoms with E-state index in [9.17, 15) is 8.42 Å². The molecule has 1 heterocycles. The molecule has 0 saturated heterocycles. The highest BCUT2D eigenvalue weighted by molar-refractivity contribution is 7.89. The lowest BCUT2D eigenvalue weighted by atomic mass is 10.2. The van der Waals surface area contributed by atoms with Crippen molar-refractivity contribution in [3.05, 3.63) is 58.3 Å². The lowest BCUT2D eigenvalue weighted by Crippen LogP contribution is -2.27. The van der Waals surface area contributed by atoms with Gasteiger partial charge in [-0.05, 0) is 30.7 Å². The van der Waals surface area contributed by atoms with Gasteiger partial charge in [-0.2, -0.15) is 0 Å². The van der Waals surface area contributed by atoms with Crippen molar-refractivity contribution in [1.82, 2.24) is 9.71 Å². The number of halogens is 2. The lowest BCUT2D eigenvalue weighted by Gasteiger charge is -2.15. The third-order valence-electron chi connectivity index (χ3n) is 2.72. The number of sulfonamides is 1. The lowest BCUT2D eigenvalue weighted by molar-refractivity contribution is 0.566. The van der Waals surface area contributed by atoms with Crippen molar-refractivity contribution >= 4 is 33.2 Å². The number of rotatable bonds is 4. The molecule has 1 aromatic heterocycles. The van der Waals surface area contributed by atoms with E-state index in [1.54, 1.807) is 31.5 Å². The second-order valence-electron chi connectivity index (χ2n) is 4.18. The van der Waals surface area contributed by atoms with Crippen LogP contribution in [0.2, 0.25) is 10.0 Å². The van der Waals surface area contributed by atoms with Crippen molar-refractivity contribution in [2.45, 2.75) is 17.9 Å². The summed E-state index contributed by atoms with van der Waals surface area (Å²) in [4.78, 5) is 3.92. The second kappa shape index (κ2) is 6.10. The molecule has 20 heavy (non-hydrogen) atoms. The first kappa shape index (κ1) is 15.3. The van der Waals surface area contributed by atoms with Crippen LogP contribution in [0.3, 0.4) is 0 Å². The molecule has 0 aliphatic carbocycles. The molecule has 1 atom stereocenters. The monoisotopic (exact) mass is 330 g/mol. The van der Waals surface area contributed by atoms with Gasteiger partial charge in [0, 0.05) is 18.4 Å². The summed E-state index contributed by atoms with van der Waals surface area (Å²) in [5.41, 5.74) is 0.759. The van der Waals surface area contributed by atoms with E-state index >= 15 is 0 Å². The molecule has 2 rings (SSSR count). The maximum Gasteiger partial charge on any atom is 0.242 e. The van der Waals surface area contributed by atoms with Crippen LogP contribution in [-0.4, -0.2) is 13.4 Å². The van der Waals surface area contributed by atoms with Gasteiger partial charge >= 0.3 is 0 Å². The Morgan fingerprint density at radius 1 is 1.20 bits per heavy atom. The van der Waals surface area contributed by atoms with Gasteiger partial charge < -0.3 is 0 Å². The number of aromatic nitrogens is 1. The molecule has 0 saturated carbocycles. The average molecular weight is 331 g/mol. The summed E-state index contributed by atoms with van der Waals surface area (Å²) in [5, 5.41) is 0.212. The predicted octanol–water partition coefficient (Wildman–Crippen LogP) is 3.43. The van der Waals surface area contributed by atoms with Crippen LogP contribution in [0.1, 0.15) is 18.5 Å². The molecular weight excluding hydrogens is 319 g/mol. The van der Waals surface area contributed by atoms with E-state index in [2.05, 4.69) is 9.71 Å². The van der Waals surface area contributed by atoms with Gasteiger partial charge in [0.05, 0.1) is 10.0 Å². The SMILES string of the molecule is C[C@H](NS(=O)(=O)c1cccc(Cl)c1Cl)c1cccnc1. The number of nitrogens with zero attached hydrogens (tertiary/aromatic N) is 1. The van der Waals surface area contributed by atoms with Gasteiger partial charge in [0.25, 0.3) is 0 Å². The smallest absolute Gasteiger partial charge is 0.242 e. The number of hydrogen-bond donors (Lipinski definition) is 1. The van der Waals surface area contributed by atoms with Crippen LogP contribution in [0.4, 0.5) is 0 Å². The Morgan fingerprint density at radius 3 is 2.60 bits per heavy atom. The minimum absolute atomic E-state index is 0.0139. The van der Waals surface area contributed by atoms with Gasteiger partial charge in [0.15, 0.2) is 0 Å². The predicted molar refractivity (Wildman–Crippen MR) is 79.4 cm³/mol. The Kier molecular flexibility index (Phi) is 4.65. The first-order chi connectivity index (χ1) is 9.42. The highest BCUT2D eigenvalue weighted by atomic mass is 35.5. The molecule has 0 amide bonds. The van der Waals surface area contributed by atoms with E-state index < -0.39 is 16.1 Å². The summed E-state index contributed by atoms with van der Waals surface area (Å²) < 4.78 is 27.2. The third-order valence-corrected chi connectivity index (χ3v) is 5.24. The zero-order valence-electron chi connectivity index (χ0n) is 10.5. The maximum atomic E-state index is 12.3. The summed E-state index contributed by atoms with van der Waals surface area (Å²) in [7, 11) is -3.76. The molecule has 106 valence electrons. The molecule has 4 nitrogen and oxygen atoms in total. The first-order valence-electron chi connectivity index (χ1n) is 5.78. The molecule has 0 fully saturated rings. The van der Waals surface area contributed by atoms with Crippen LogP contribution >= 0.6 is 23.2 Å². The van der Waals surface area contributed by atoms with Crippen molar-refractivity contribution < 1.29 is 8.42 Å². The molecule has 0 aliphatic heterocycles. The second-order valence-corrected chi connectivity index (χ2v) is 6.65. The highest BCUT2D eigenvalue weighted by Gasteiger charge is 2.22. The zero-order chi connectivity index (χ0) is 14.8. The third kappa shape index (κ3) is 3.30. The Balaban J connectivity index is 2.30. The van der Waals surface area contributed by atoms with E-state index in [1.807, 2.05) is 0 Å². The molecular formula is C13H12Cl2N2O2S. The normalized spacial score (nSPS) is 13.2. The van der Waals surface area contributed by atoms with Crippen LogP contribution in [-0.2, 0) is 10.0 Å². The molecule has 2 aromatic rings. The maximum absolute atomic E-state index is 12.3. The number of hydrogen-bond acceptors (Lipinski definition) is 3. The Bertz CT molecular complexity index is 706. The van der Waals surface area contributed by atoms with Crippen molar-refractivity contribution in [2.75, 3.05) is 0 Å². The summed E-state index contributed by atoms with van der Waals surface area (Å²) in [6, 6.07) is 7.59. The van der Waals surface area contributed by atoms with E-state index in [0.29, 0.717) is 0 Å². The average Bonchev–Trinajstić information content (AvgIpc) is 2.42. The van der Waals surface area contributed by atoms with E-state index in [0.717, 1.165) is 5.56 Å². The van der Waals surface area contributed by atoms with Crippen LogP contribution in [0.25, 0.3) is 0 Å². The number of nitrogens with one attached hydrogen (secondary N) is 1. The largest absolute Gasteiger partial charge is 0.264 e. The van der Waals surface area contributed by atoms with Gasteiger partial charge in [0.2, 0.25) is 10.0 Å². The Hall–Kier alpha value is -1.14. The molecule has 0 unspecified atom stereocenters. The molecule has 0 aliphatic rings. The van der Waals surface area contributed by atoms with E-state index in [4.69, 9.17) is 23.2 Å². The van der Waals surface area contributed by atoms with Gasteiger partial charge in [-0.1, -0.05) is 35.3 Å². The molecule has 0 spiro atoms. The Labute approximate surface area is 127 Å². The van der Waals surface area contributed by atoms with Crippen molar-refractivity contribution in [2.24, 2.45) is 0 Å². The first-order valence-corrected chi connectivity index (χ1v) is 8.02. The summed E-state index contributed by atoms with van der Waals surface area (Å²) in [6.07, 6.45) is 3.23. The van der Waals surface area contributed by atoms with Gasteiger partial charge in [-0.25, -0.2) is 13.1 Å². The minimum Gasteiger partial charge on any atom is -0.264 e. The van der Waals surface area contributed by atoms with Crippen LogP contribution in [0, 0.1) is 0 Å². The molecule has 0 radical (unpaired) electrons. The zero-order valence-corrected chi connectivity index (χ0v) is 12.9.